The lowest BCUT2D eigenvalue weighted by atomic mass is 9.89. The third-order valence-electron chi connectivity index (χ3n) is 5.12. The number of para-hydroxylation sites is 1. The van der Waals surface area contributed by atoms with Gasteiger partial charge in [-0.2, -0.15) is 0 Å². The van der Waals surface area contributed by atoms with Crippen molar-refractivity contribution in [2.45, 2.75) is 59.8 Å². The van der Waals surface area contributed by atoms with Crippen molar-refractivity contribution >= 4 is 17.5 Å². The van der Waals surface area contributed by atoms with Crippen LogP contribution < -0.4 is 5.32 Å². The molecule has 2 amide bonds. The minimum atomic E-state index is -0.106. The van der Waals surface area contributed by atoms with E-state index in [1.165, 1.54) is 5.56 Å². The van der Waals surface area contributed by atoms with E-state index in [4.69, 9.17) is 0 Å². The summed E-state index contributed by atoms with van der Waals surface area (Å²) in [5, 5.41) is 2.98. The molecule has 1 aliphatic rings. The van der Waals surface area contributed by atoms with Gasteiger partial charge in [0.1, 0.15) is 0 Å². The zero-order valence-electron chi connectivity index (χ0n) is 16.8. The summed E-state index contributed by atoms with van der Waals surface area (Å²) in [7, 11) is 0. The van der Waals surface area contributed by atoms with Crippen molar-refractivity contribution in [3.05, 3.63) is 29.8 Å². The number of benzene rings is 1. The van der Waals surface area contributed by atoms with Crippen LogP contribution in [-0.4, -0.2) is 29.8 Å². The predicted octanol–water partition coefficient (Wildman–Crippen LogP) is 4.50. The number of hydrogen-bond acceptors (Lipinski definition) is 2. The molecule has 26 heavy (non-hydrogen) atoms. The van der Waals surface area contributed by atoms with Gasteiger partial charge in [-0.15, -0.1) is 0 Å². The Bertz CT molecular complexity index is 598. The van der Waals surface area contributed by atoms with Gasteiger partial charge in [0.2, 0.25) is 11.8 Å². The van der Waals surface area contributed by atoms with Gasteiger partial charge in [0.05, 0.1) is 0 Å². The number of fused-ring (bicyclic) bond motifs is 1. The van der Waals surface area contributed by atoms with Crippen LogP contribution in [0, 0.1) is 17.8 Å². The van der Waals surface area contributed by atoms with E-state index in [1.807, 2.05) is 23.1 Å². The standard InChI is InChI=1S/C22H34N2O2/c1-16(2)11-13-24(14-12-17(3)4)21(25)10-9-19-15-18-7-5-6-8-20(18)23-22(19)26/h5-8,16-17,19H,9-15H2,1-4H3,(H,23,26). The molecule has 0 radical (unpaired) electrons. The van der Waals surface area contributed by atoms with Crippen LogP contribution in [-0.2, 0) is 16.0 Å². The molecule has 1 unspecified atom stereocenters. The lowest BCUT2D eigenvalue weighted by Crippen LogP contribution is -2.36. The first-order chi connectivity index (χ1) is 12.4. The van der Waals surface area contributed by atoms with Crippen molar-refractivity contribution in [3.8, 4) is 0 Å². The fraction of sp³-hybridized carbons (Fsp3) is 0.636. The van der Waals surface area contributed by atoms with Crippen LogP contribution in [0.1, 0.15) is 58.9 Å². The molecule has 4 heteroatoms. The maximum absolute atomic E-state index is 12.8. The van der Waals surface area contributed by atoms with Crippen LogP contribution in [0.2, 0.25) is 0 Å². The second-order valence-electron chi connectivity index (χ2n) is 8.33. The summed E-state index contributed by atoms with van der Waals surface area (Å²) in [5.41, 5.74) is 2.08. The normalized spacial score (nSPS) is 16.5. The van der Waals surface area contributed by atoms with Gasteiger partial charge in [0.25, 0.3) is 0 Å². The number of carbonyl (C=O) groups is 2. The molecule has 1 aromatic rings. The molecule has 0 aromatic heterocycles. The molecule has 1 atom stereocenters. The van der Waals surface area contributed by atoms with Crippen molar-refractivity contribution < 1.29 is 9.59 Å². The van der Waals surface area contributed by atoms with E-state index in [9.17, 15) is 9.59 Å². The van der Waals surface area contributed by atoms with E-state index in [-0.39, 0.29) is 17.7 Å². The second kappa shape index (κ2) is 9.75. The smallest absolute Gasteiger partial charge is 0.227 e. The van der Waals surface area contributed by atoms with Crippen molar-refractivity contribution in [1.82, 2.24) is 4.90 Å². The van der Waals surface area contributed by atoms with Gasteiger partial charge in [0, 0.05) is 31.1 Å². The molecule has 0 saturated heterocycles. The lowest BCUT2D eigenvalue weighted by molar-refractivity contribution is -0.132. The summed E-state index contributed by atoms with van der Waals surface area (Å²) in [6.45, 7) is 10.4. The number of hydrogen-bond donors (Lipinski definition) is 1. The second-order valence-corrected chi connectivity index (χ2v) is 8.33. The number of rotatable bonds is 9. The lowest BCUT2D eigenvalue weighted by Gasteiger charge is -2.27. The molecule has 144 valence electrons. The Morgan fingerprint density at radius 3 is 2.35 bits per heavy atom. The van der Waals surface area contributed by atoms with Crippen LogP contribution in [0.4, 0.5) is 5.69 Å². The minimum absolute atomic E-state index is 0.0485. The van der Waals surface area contributed by atoms with Crippen LogP contribution in [0.25, 0.3) is 0 Å². The highest BCUT2D eigenvalue weighted by atomic mass is 16.2. The first-order valence-electron chi connectivity index (χ1n) is 10.0. The van der Waals surface area contributed by atoms with E-state index < -0.39 is 0 Å². The van der Waals surface area contributed by atoms with E-state index in [2.05, 4.69) is 39.1 Å². The van der Waals surface area contributed by atoms with Crippen molar-refractivity contribution in [2.24, 2.45) is 17.8 Å². The van der Waals surface area contributed by atoms with E-state index in [1.54, 1.807) is 0 Å². The number of anilines is 1. The van der Waals surface area contributed by atoms with Crippen molar-refractivity contribution in [2.75, 3.05) is 18.4 Å². The average Bonchev–Trinajstić information content (AvgIpc) is 2.59. The van der Waals surface area contributed by atoms with E-state index in [0.717, 1.165) is 38.0 Å². The fourth-order valence-electron chi connectivity index (χ4n) is 3.29. The quantitative estimate of drug-likeness (QED) is 0.706. The van der Waals surface area contributed by atoms with Crippen LogP contribution in [0.3, 0.4) is 0 Å². The molecule has 0 bridgehead atoms. The monoisotopic (exact) mass is 358 g/mol. The Morgan fingerprint density at radius 2 is 1.73 bits per heavy atom. The molecule has 1 aromatic carbocycles. The average molecular weight is 359 g/mol. The number of nitrogens with one attached hydrogen (secondary N) is 1. The van der Waals surface area contributed by atoms with Crippen LogP contribution in [0.5, 0.6) is 0 Å². The summed E-state index contributed by atoms with van der Waals surface area (Å²) in [6.07, 6.45) is 3.87. The molecule has 4 nitrogen and oxygen atoms in total. The molecular weight excluding hydrogens is 324 g/mol. The SMILES string of the molecule is CC(C)CCN(CCC(C)C)C(=O)CCC1Cc2ccccc2NC1=O. The Balaban J connectivity index is 1.90. The first kappa shape index (κ1) is 20.5. The zero-order valence-corrected chi connectivity index (χ0v) is 16.8. The van der Waals surface area contributed by atoms with Gasteiger partial charge in [-0.05, 0) is 49.1 Å². The highest BCUT2D eigenvalue weighted by molar-refractivity contribution is 5.96. The Kier molecular flexibility index (Phi) is 7.67. The summed E-state index contributed by atoms with van der Waals surface area (Å²) >= 11 is 0. The summed E-state index contributed by atoms with van der Waals surface area (Å²) < 4.78 is 0. The van der Waals surface area contributed by atoms with E-state index >= 15 is 0 Å². The first-order valence-corrected chi connectivity index (χ1v) is 10.0. The molecule has 0 saturated carbocycles. The number of nitrogens with zero attached hydrogens (tertiary/aromatic N) is 1. The zero-order chi connectivity index (χ0) is 19.1. The largest absolute Gasteiger partial charge is 0.343 e. The summed E-state index contributed by atoms with van der Waals surface area (Å²) in [4.78, 5) is 27.1. The van der Waals surface area contributed by atoms with E-state index in [0.29, 0.717) is 24.7 Å². The van der Waals surface area contributed by atoms with Crippen molar-refractivity contribution in [3.63, 3.8) is 0 Å². The van der Waals surface area contributed by atoms with Gasteiger partial charge in [-0.3, -0.25) is 9.59 Å². The maximum atomic E-state index is 12.8. The van der Waals surface area contributed by atoms with Crippen molar-refractivity contribution in [1.29, 1.82) is 0 Å². The molecule has 0 aliphatic carbocycles. The summed E-state index contributed by atoms with van der Waals surface area (Å²) in [6, 6.07) is 7.93. The number of carbonyl (C=O) groups excluding carboxylic acids is 2. The molecule has 0 fully saturated rings. The van der Waals surface area contributed by atoms with Crippen LogP contribution in [0.15, 0.2) is 24.3 Å². The van der Waals surface area contributed by atoms with Gasteiger partial charge >= 0.3 is 0 Å². The predicted molar refractivity (Wildman–Crippen MR) is 107 cm³/mol. The summed E-state index contributed by atoms with van der Waals surface area (Å²) in [5.74, 6) is 1.31. The van der Waals surface area contributed by atoms with Gasteiger partial charge in [0.15, 0.2) is 0 Å². The highest BCUT2D eigenvalue weighted by Crippen LogP contribution is 2.27. The fourth-order valence-corrected chi connectivity index (χ4v) is 3.29. The van der Waals surface area contributed by atoms with Crippen LogP contribution >= 0.6 is 0 Å². The molecule has 1 heterocycles. The van der Waals surface area contributed by atoms with Gasteiger partial charge in [-0.1, -0.05) is 45.9 Å². The molecule has 1 N–H and O–H groups in total. The third-order valence-corrected chi connectivity index (χ3v) is 5.12. The number of amides is 2. The Morgan fingerprint density at radius 1 is 1.12 bits per heavy atom. The molecule has 1 aliphatic heterocycles. The molecule has 2 rings (SSSR count). The molecular formula is C22H34N2O2. The Hall–Kier alpha value is -1.84. The van der Waals surface area contributed by atoms with Gasteiger partial charge in [-0.25, -0.2) is 0 Å². The third kappa shape index (κ3) is 6.15. The Labute approximate surface area is 158 Å². The highest BCUT2D eigenvalue weighted by Gasteiger charge is 2.27. The minimum Gasteiger partial charge on any atom is -0.343 e. The van der Waals surface area contributed by atoms with Gasteiger partial charge < -0.3 is 10.2 Å². The topological polar surface area (TPSA) is 49.4 Å². The maximum Gasteiger partial charge on any atom is 0.227 e. The molecule has 0 spiro atoms.